The second-order valence-electron chi connectivity index (χ2n) is 4.65. The Balaban J connectivity index is 2.20. The zero-order valence-corrected chi connectivity index (χ0v) is 11.4. The lowest BCUT2D eigenvalue weighted by molar-refractivity contribution is 0.165. The highest BCUT2D eigenvalue weighted by molar-refractivity contribution is 5.16. The van der Waals surface area contributed by atoms with Crippen molar-refractivity contribution in [3.63, 3.8) is 0 Å². The molecule has 0 spiro atoms. The van der Waals surface area contributed by atoms with Crippen LogP contribution < -0.4 is 0 Å². The van der Waals surface area contributed by atoms with Crippen molar-refractivity contribution in [2.24, 2.45) is 7.05 Å². The molecule has 0 bridgehead atoms. The molecule has 0 saturated carbocycles. The molecule has 5 heteroatoms. The van der Waals surface area contributed by atoms with E-state index in [2.05, 4.69) is 17.1 Å². The number of aliphatic hydroxyl groups is 1. The van der Waals surface area contributed by atoms with Gasteiger partial charge in [-0.25, -0.2) is 0 Å². The molecule has 1 unspecified atom stereocenters. The van der Waals surface area contributed by atoms with Crippen LogP contribution in [-0.2, 0) is 20.0 Å². The standard InChI is InChI=1S/C13H20N4O/c1-5-17-11(6-9(2)15-17)8-13(18)12-7-10(3)14-16(12)4/h6-7,13,18H,5,8H2,1-4H3. The zero-order chi connectivity index (χ0) is 13.3. The third kappa shape index (κ3) is 2.46. The lowest BCUT2D eigenvalue weighted by Crippen LogP contribution is -2.11. The molecule has 2 rings (SSSR count). The van der Waals surface area contributed by atoms with Gasteiger partial charge in [-0.1, -0.05) is 0 Å². The van der Waals surface area contributed by atoms with Crippen molar-refractivity contribution < 1.29 is 5.11 Å². The molecule has 0 saturated heterocycles. The Morgan fingerprint density at radius 1 is 1.22 bits per heavy atom. The van der Waals surface area contributed by atoms with Crippen molar-refractivity contribution in [2.75, 3.05) is 0 Å². The van der Waals surface area contributed by atoms with E-state index >= 15 is 0 Å². The summed E-state index contributed by atoms with van der Waals surface area (Å²) in [5.74, 6) is 0. The van der Waals surface area contributed by atoms with Crippen LogP contribution in [0.3, 0.4) is 0 Å². The van der Waals surface area contributed by atoms with Gasteiger partial charge in [0.25, 0.3) is 0 Å². The van der Waals surface area contributed by atoms with Crippen molar-refractivity contribution in [2.45, 2.75) is 39.8 Å². The average molecular weight is 248 g/mol. The Hall–Kier alpha value is -1.62. The molecule has 0 radical (unpaired) electrons. The van der Waals surface area contributed by atoms with E-state index in [1.54, 1.807) is 4.68 Å². The first-order valence-corrected chi connectivity index (χ1v) is 6.23. The summed E-state index contributed by atoms with van der Waals surface area (Å²) < 4.78 is 3.67. The van der Waals surface area contributed by atoms with Crippen LogP contribution in [0.4, 0.5) is 0 Å². The fourth-order valence-electron chi connectivity index (χ4n) is 2.28. The Bertz CT molecular complexity index is 541. The van der Waals surface area contributed by atoms with Crippen LogP contribution in [0.2, 0.25) is 0 Å². The minimum Gasteiger partial charge on any atom is -0.386 e. The van der Waals surface area contributed by atoms with Gasteiger partial charge in [0.2, 0.25) is 0 Å². The van der Waals surface area contributed by atoms with Gasteiger partial charge >= 0.3 is 0 Å². The molecule has 2 aromatic heterocycles. The maximum atomic E-state index is 10.3. The maximum Gasteiger partial charge on any atom is 0.101 e. The number of hydrogen-bond donors (Lipinski definition) is 1. The predicted molar refractivity (Wildman–Crippen MR) is 69.2 cm³/mol. The summed E-state index contributed by atoms with van der Waals surface area (Å²) >= 11 is 0. The Morgan fingerprint density at radius 3 is 2.44 bits per heavy atom. The fraction of sp³-hybridized carbons (Fsp3) is 0.538. The smallest absolute Gasteiger partial charge is 0.101 e. The Morgan fingerprint density at radius 2 is 1.89 bits per heavy atom. The Labute approximate surface area is 107 Å². The second-order valence-corrected chi connectivity index (χ2v) is 4.65. The van der Waals surface area contributed by atoms with Crippen LogP contribution in [0.15, 0.2) is 12.1 Å². The van der Waals surface area contributed by atoms with Gasteiger partial charge in [0.1, 0.15) is 6.10 Å². The first-order chi connectivity index (χ1) is 8.51. The fourth-order valence-corrected chi connectivity index (χ4v) is 2.28. The average Bonchev–Trinajstić information content (AvgIpc) is 2.81. The van der Waals surface area contributed by atoms with Crippen LogP contribution in [-0.4, -0.2) is 24.7 Å². The number of aromatic nitrogens is 4. The van der Waals surface area contributed by atoms with Gasteiger partial charge < -0.3 is 5.11 Å². The SMILES string of the molecule is CCn1nc(C)cc1CC(O)c1cc(C)nn1C. The molecule has 2 heterocycles. The number of aryl methyl sites for hydroxylation is 4. The molecule has 0 aliphatic carbocycles. The van der Waals surface area contributed by atoms with Crippen molar-refractivity contribution >= 4 is 0 Å². The summed E-state index contributed by atoms with van der Waals surface area (Å²) in [6.07, 6.45) is 0.0193. The van der Waals surface area contributed by atoms with Crippen LogP contribution >= 0.6 is 0 Å². The number of rotatable bonds is 4. The maximum absolute atomic E-state index is 10.3. The predicted octanol–water partition coefficient (Wildman–Crippen LogP) is 1.53. The molecule has 1 N–H and O–H groups in total. The molecule has 18 heavy (non-hydrogen) atoms. The molecule has 0 aliphatic rings. The summed E-state index contributed by atoms with van der Waals surface area (Å²) in [5, 5.41) is 18.9. The van der Waals surface area contributed by atoms with Crippen molar-refractivity contribution in [1.29, 1.82) is 0 Å². The molecule has 0 aliphatic heterocycles. The summed E-state index contributed by atoms with van der Waals surface area (Å²) in [7, 11) is 1.86. The van der Waals surface area contributed by atoms with E-state index in [4.69, 9.17) is 0 Å². The zero-order valence-electron chi connectivity index (χ0n) is 11.4. The number of aliphatic hydroxyl groups excluding tert-OH is 1. The lowest BCUT2D eigenvalue weighted by atomic mass is 10.1. The minimum absolute atomic E-state index is 0.544. The monoisotopic (exact) mass is 248 g/mol. The molecular formula is C13H20N4O. The van der Waals surface area contributed by atoms with E-state index in [9.17, 15) is 5.11 Å². The van der Waals surface area contributed by atoms with Crippen molar-refractivity contribution in [3.8, 4) is 0 Å². The summed E-state index contributed by atoms with van der Waals surface area (Å²) in [5.41, 5.74) is 3.81. The van der Waals surface area contributed by atoms with Crippen LogP contribution in [0.1, 0.15) is 35.8 Å². The van der Waals surface area contributed by atoms with Gasteiger partial charge in [0, 0.05) is 25.7 Å². The molecule has 0 aromatic carbocycles. The molecule has 98 valence electrons. The summed E-state index contributed by atoms with van der Waals surface area (Å²) in [4.78, 5) is 0. The van der Waals surface area contributed by atoms with Gasteiger partial charge in [0.15, 0.2) is 0 Å². The highest BCUT2D eigenvalue weighted by Gasteiger charge is 2.16. The van der Waals surface area contributed by atoms with E-state index in [1.165, 1.54) is 0 Å². The molecule has 0 amide bonds. The van der Waals surface area contributed by atoms with Gasteiger partial charge in [0.05, 0.1) is 17.1 Å². The quantitative estimate of drug-likeness (QED) is 0.892. The molecular weight excluding hydrogens is 228 g/mol. The van der Waals surface area contributed by atoms with Gasteiger partial charge in [-0.15, -0.1) is 0 Å². The largest absolute Gasteiger partial charge is 0.386 e. The van der Waals surface area contributed by atoms with E-state index in [1.807, 2.05) is 37.7 Å². The first-order valence-electron chi connectivity index (χ1n) is 6.23. The van der Waals surface area contributed by atoms with E-state index in [0.717, 1.165) is 29.3 Å². The highest BCUT2D eigenvalue weighted by atomic mass is 16.3. The van der Waals surface area contributed by atoms with Crippen LogP contribution in [0, 0.1) is 13.8 Å². The summed E-state index contributed by atoms with van der Waals surface area (Å²) in [6, 6.07) is 3.94. The Kier molecular flexibility index (Phi) is 3.52. The third-order valence-electron chi connectivity index (χ3n) is 3.07. The molecule has 2 aromatic rings. The molecule has 5 nitrogen and oxygen atoms in total. The van der Waals surface area contributed by atoms with Gasteiger partial charge in [-0.2, -0.15) is 10.2 Å². The van der Waals surface area contributed by atoms with Crippen LogP contribution in [0.5, 0.6) is 0 Å². The lowest BCUT2D eigenvalue weighted by Gasteiger charge is -2.11. The van der Waals surface area contributed by atoms with Crippen molar-refractivity contribution in [3.05, 3.63) is 34.9 Å². The number of nitrogens with zero attached hydrogens (tertiary/aromatic N) is 4. The first kappa shape index (κ1) is 12.8. The topological polar surface area (TPSA) is 55.9 Å². The van der Waals surface area contributed by atoms with Gasteiger partial charge in [-0.3, -0.25) is 9.36 Å². The summed E-state index contributed by atoms with van der Waals surface area (Å²) in [6.45, 7) is 6.77. The minimum atomic E-state index is -0.544. The van der Waals surface area contributed by atoms with E-state index < -0.39 is 6.10 Å². The second kappa shape index (κ2) is 4.94. The van der Waals surface area contributed by atoms with E-state index in [-0.39, 0.29) is 0 Å². The van der Waals surface area contributed by atoms with Crippen LogP contribution in [0.25, 0.3) is 0 Å². The number of hydrogen-bond acceptors (Lipinski definition) is 3. The van der Waals surface area contributed by atoms with Crippen molar-refractivity contribution in [1.82, 2.24) is 19.6 Å². The molecule has 1 atom stereocenters. The highest BCUT2D eigenvalue weighted by Crippen LogP contribution is 2.19. The third-order valence-corrected chi connectivity index (χ3v) is 3.07. The normalized spacial score (nSPS) is 12.9. The molecule has 0 fully saturated rings. The van der Waals surface area contributed by atoms with E-state index in [0.29, 0.717) is 6.42 Å². The van der Waals surface area contributed by atoms with Gasteiger partial charge in [-0.05, 0) is 32.9 Å².